The number of hydrogen-bond acceptors (Lipinski definition) is 5. The predicted octanol–water partition coefficient (Wildman–Crippen LogP) is 1.79. The minimum absolute atomic E-state index is 0.0485. The van der Waals surface area contributed by atoms with Crippen molar-refractivity contribution in [3.05, 3.63) is 33.9 Å². The Labute approximate surface area is 124 Å². The number of nitrogens with zero attached hydrogens (tertiary/aromatic N) is 2. The van der Waals surface area contributed by atoms with Crippen molar-refractivity contribution in [3.63, 3.8) is 0 Å². The number of likely N-dealkylation sites (tertiary alicyclic amines) is 1. The zero-order valence-electron chi connectivity index (χ0n) is 12.2. The van der Waals surface area contributed by atoms with Crippen LogP contribution >= 0.6 is 0 Å². The van der Waals surface area contributed by atoms with Crippen LogP contribution in [0, 0.1) is 16.0 Å². The van der Waals surface area contributed by atoms with Gasteiger partial charge in [-0.3, -0.25) is 15.0 Å². The third-order valence-electron chi connectivity index (χ3n) is 4.59. The minimum atomic E-state index is -0.380. The van der Waals surface area contributed by atoms with Crippen molar-refractivity contribution in [1.29, 1.82) is 0 Å². The van der Waals surface area contributed by atoms with Crippen LogP contribution in [0.4, 0.5) is 5.69 Å². The molecule has 2 aliphatic rings. The maximum Gasteiger partial charge on any atom is 0.311 e. The molecule has 2 unspecified atom stereocenters. The monoisotopic (exact) mass is 291 g/mol. The van der Waals surface area contributed by atoms with Crippen molar-refractivity contribution in [2.45, 2.75) is 25.4 Å². The zero-order chi connectivity index (χ0) is 14.8. The average molecular weight is 291 g/mol. The normalized spacial score (nSPS) is 25.6. The summed E-state index contributed by atoms with van der Waals surface area (Å²) in [5.41, 5.74) is 1.03. The summed E-state index contributed by atoms with van der Waals surface area (Å²) in [5.74, 6) is 1.05. The molecular formula is C15H21N3O3. The Balaban J connectivity index is 1.70. The van der Waals surface area contributed by atoms with Crippen LogP contribution in [-0.2, 0) is 6.54 Å². The summed E-state index contributed by atoms with van der Waals surface area (Å²) in [4.78, 5) is 13.1. The van der Waals surface area contributed by atoms with Gasteiger partial charge in [-0.15, -0.1) is 0 Å². The highest BCUT2D eigenvalue weighted by molar-refractivity contribution is 5.48. The van der Waals surface area contributed by atoms with Gasteiger partial charge in [0.1, 0.15) is 0 Å². The second-order valence-electron chi connectivity index (χ2n) is 5.90. The summed E-state index contributed by atoms with van der Waals surface area (Å²) < 4.78 is 5.04. The quantitative estimate of drug-likeness (QED) is 0.676. The molecule has 2 atom stereocenters. The fourth-order valence-electron chi connectivity index (χ4n) is 3.50. The number of nitrogens with one attached hydrogen (secondary N) is 1. The Kier molecular flexibility index (Phi) is 4.07. The van der Waals surface area contributed by atoms with Gasteiger partial charge in [0.15, 0.2) is 5.75 Å². The number of nitro benzene ring substituents is 1. The fourth-order valence-corrected chi connectivity index (χ4v) is 3.50. The molecule has 1 aromatic carbocycles. The molecule has 6 nitrogen and oxygen atoms in total. The van der Waals surface area contributed by atoms with Crippen molar-refractivity contribution in [2.24, 2.45) is 5.92 Å². The van der Waals surface area contributed by atoms with Gasteiger partial charge in [0, 0.05) is 25.2 Å². The van der Waals surface area contributed by atoms with Crippen LogP contribution in [0.3, 0.4) is 0 Å². The first-order chi connectivity index (χ1) is 10.2. The number of nitro groups is 1. The van der Waals surface area contributed by atoms with Crippen molar-refractivity contribution >= 4 is 5.69 Å². The first-order valence-electron chi connectivity index (χ1n) is 7.44. The third-order valence-corrected chi connectivity index (χ3v) is 4.59. The molecule has 0 aliphatic carbocycles. The fraction of sp³-hybridized carbons (Fsp3) is 0.600. The molecule has 0 aromatic heterocycles. The summed E-state index contributed by atoms with van der Waals surface area (Å²) in [6.45, 7) is 4.02. The van der Waals surface area contributed by atoms with E-state index < -0.39 is 0 Å². The number of methoxy groups -OCH3 is 1. The molecular weight excluding hydrogens is 270 g/mol. The number of rotatable bonds is 4. The Morgan fingerprint density at radius 1 is 1.48 bits per heavy atom. The van der Waals surface area contributed by atoms with Gasteiger partial charge in [-0.2, -0.15) is 0 Å². The lowest BCUT2D eigenvalue weighted by Gasteiger charge is -2.34. The van der Waals surface area contributed by atoms with Crippen LogP contribution in [-0.4, -0.2) is 42.6 Å². The van der Waals surface area contributed by atoms with E-state index in [-0.39, 0.29) is 10.6 Å². The lowest BCUT2D eigenvalue weighted by molar-refractivity contribution is -0.385. The number of hydrogen-bond donors (Lipinski definition) is 1. The molecule has 2 aliphatic heterocycles. The van der Waals surface area contributed by atoms with E-state index in [1.165, 1.54) is 20.0 Å². The molecule has 1 N–H and O–H groups in total. The van der Waals surface area contributed by atoms with Crippen LogP contribution in [0.5, 0.6) is 5.75 Å². The molecule has 2 heterocycles. The van der Waals surface area contributed by atoms with Gasteiger partial charge in [-0.25, -0.2) is 0 Å². The first kappa shape index (κ1) is 14.3. The Morgan fingerprint density at radius 2 is 2.33 bits per heavy atom. The number of fused-ring (bicyclic) bond motifs is 1. The molecule has 0 spiro atoms. The zero-order valence-corrected chi connectivity index (χ0v) is 12.2. The van der Waals surface area contributed by atoms with Crippen LogP contribution in [0.1, 0.15) is 18.4 Å². The molecule has 6 heteroatoms. The van der Waals surface area contributed by atoms with Crippen molar-refractivity contribution in [2.75, 3.05) is 26.7 Å². The summed E-state index contributed by atoms with van der Waals surface area (Å²) in [5, 5.41) is 14.6. The Morgan fingerprint density at radius 3 is 3.10 bits per heavy atom. The molecule has 2 saturated heterocycles. The molecule has 3 rings (SSSR count). The van der Waals surface area contributed by atoms with E-state index in [2.05, 4.69) is 10.2 Å². The van der Waals surface area contributed by atoms with E-state index in [0.29, 0.717) is 11.8 Å². The van der Waals surface area contributed by atoms with Gasteiger partial charge in [0.2, 0.25) is 0 Å². The van der Waals surface area contributed by atoms with E-state index in [0.717, 1.165) is 37.7 Å². The lowest BCUT2D eigenvalue weighted by Crippen LogP contribution is -2.43. The van der Waals surface area contributed by atoms with E-state index in [1.807, 2.05) is 6.07 Å². The molecule has 0 radical (unpaired) electrons. The third kappa shape index (κ3) is 3.01. The Bertz CT molecular complexity index is 535. The molecule has 2 fully saturated rings. The van der Waals surface area contributed by atoms with E-state index in [4.69, 9.17) is 4.74 Å². The van der Waals surface area contributed by atoms with Crippen LogP contribution in [0.15, 0.2) is 18.2 Å². The van der Waals surface area contributed by atoms with Crippen LogP contribution < -0.4 is 10.1 Å². The number of piperidine rings is 1. The molecule has 0 bridgehead atoms. The van der Waals surface area contributed by atoms with Gasteiger partial charge in [-0.1, -0.05) is 6.07 Å². The van der Waals surface area contributed by atoms with Gasteiger partial charge in [0.05, 0.1) is 12.0 Å². The molecule has 114 valence electrons. The van der Waals surface area contributed by atoms with E-state index in [1.54, 1.807) is 12.1 Å². The summed E-state index contributed by atoms with van der Waals surface area (Å²) in [7, 11) is 1.46. The summed E-state index contributed by atoms with van der Waals surface area (Å²) >= 11 is 0. The van der Waals surface area contributed by atoms with Crippen molar-refractivity contribution < 1.29 is 9.66 Å². The summed E-state index contributed by atoms with van der Waals surface area (Å²) in [6.07, 6.45) is 2.41. The highest BCUT2D eigenvalue weighted by Crippen LogP contribution is 2.29. The van der Waals surface area contributed by atoms with Gasteiger partial charge >= 0.3 is 5.69 Å². The minimum Gasteiger partial charge on any atom is -0.490 e. The van der Waals surface area contributed by atoms with Gasteiger partial charge in [0.25, 0.3) is 0 Å². The van der Waals surface area contributed by atoms with Gasteiger partial charge in [-0.05, 0) is 43.5 Å². The highest BCUT2D eigenvalue weighted by Gasteiger charge is 2.32. The topological polar surface area (TPSA) is 67.6 Å². The second kappa shape index (κ2) is 5.99. The predicted molar refractivity (Wildman–Crippen MR) is 79.4 cm³/mol. The van der Waals surface area contributed by atoms with Crippen LogP contribution in [0.25, 0.3) is 0 Å². The molecule has 0 saturated carbocycles. The first-order valence-corrected chi connectivity index (χ1v) is 7.44. The molecule has 21 heavy (non-hydrogen) atoms. The Hall–Kier alpha value is -1.66. The lowest BCUT2D eigenvalue weighted by atomic mass is 9.93. The van der Waals surface area contributed by atoms with Crippen LogP contribution in [0.2, 0.25) is 0 Å². The van der Waals surface area contributed by atoms with E-state index >= 15 is 0 Å². The van der Waals surface area contributed by atoms with Crippen molar-refractivity contribution in [1.82, 2.24) is 10.2 Å². The smallest absolute Gasteiger partial charge is 0.311 e. The standard InChI is InChI=1S/C15H21N3O3/c1-21-15-3-2-11(8-14(15)18(19)20)9-17-7-5-13-12(10-17)4-6-16-13/h2-3,8,12-13,16H,4-7,9-10H2,1H3. The maximum atomic E-state index is 11.1. The largest absolute Gasteiger partial charge is 0.490 e. The molecule has 0 amide bonds. The molecule has 1 aromatic rings. The number of ether oxygens (including phenoxy) is 1. The highest BCUT2D eigenvalue weighted by atomic mass is 16.6. The average Bonchev–Trinajstić information content (AvgIpc) is 2.94. The van der Waals surface area contributed by atoms with Crippen molar-refractivity contribution in [3.8, 4) is 5.75 Å². The summed E-state index contributed by atoms with van der Waals surface area (Å²) in [6, 6.07) is 5.92. The second-order valence-corrected chi connectivity index (χ2v) is 5.90. The SMILES string of the molecule is COc1ccc(CN2CCC3NCCC3C2)cc1[N+](=O)[O-]. The number of benzene rings is 1. The van der Waals surface area contributed by atoms with Gasteiger partial charge < -0.3 is 10.1 Å². The van der Waals surface area contributed by atoms with E-state index in [9.17, 15) is 10.1 Å². The maximum absolute atomic E-state index is 11.1.